The maximum absolute atomic E-state index is 12.0. The largest absolute Gasteiger partial charge is 0.461 e. The summed E-state index contributed by atoms with van der Waals surface area (Å²) in [4.78, 5) is 10.7. The molecule has 0 aliphatic rings. The quantitative estimate of drug-likeness (QED) is 0.790. The van der Waals surface area contributed by atoms with Crippen LogP contribution >= 0.6 is 0 Å². The van der Waals surface area contributed by atoms with E-state index in [1.807, 2.05) is 0 Å². The number of Topliss-reactive ketones (excluding diaryl/α,β-unsaturated/α-hetero) is 1. The van der Waals surface area contributed by atoms with Crippen molar-refractivity contribution in [3.8, 4) is 0 Å². The van der Waals surface area contributed by atoms with Gasteiger partial charge in [0.25, 0.3) is 0 Å². The number of carbonyl (C=O) groups excluding carboxylic acids is 1. The number of carbonyl (C=O) groups is 1. The molecule has 0 atom stereocenters. The van der Waals surface area contributed by atoms with Crippen LogP contribution in [0.1, 0.15) is 5.76 Å². The summed E-state index contributed by atoms with van der Waals surface area (Å²) in [7, 11) is 0. The number of fused-ring (bicyclic) bond motifs is 1. The maximum atomic E-state index is 12.0. The average Bonchev–Trinajstić information content (AvgIpc) is 2.58. The lowest BCUT2D eigenvalue weighted by atomic mass is 10.2. The molecular weight excluding hydrogens is 221 g/mol. The summed E-state index contributed by atoms with van der Waals surface area (Å²) in [6, 6.07) is 8.24. The molecule has 84 valence electrons. The van der Waals surface area contributed by atoms with Crippen molar-refractivity contribution in [3.63, 3.8) is 0 Å². The van der Waals surface area contributed by atoms with E-state index in [-0.39, 0.29) is 5.76 Å². The number of hydrogen-bond acceptors (Lipinski definition) is 2. The van der Waals surface area contributed by atoms with E-state index in [0.29, 0.717) is 11.0 Å². The third kappa shape index (κ3) is 2.08. The summed E-state index contributed by atoms with van der Waals surface area (Å²) >= 11 is 0. The van der Waals surface area contributed by atoms with Gasteiger partial charge in [0.15, 0.2) is 0 Å². The first-order chi connectivity index (χ1) is 7.47. The predicted molar refractivity (Wildman–Crippen MR) is 51.0 cm³/mol. The van der Waals surface area contributed by atoms with E-state index in [9.17, 15) is 18.0 Å². The van der Waals surface area contributed by atoms with Gasteiger partial charge < -0.3 is 4.42 Å². The zero-order valence-electron chi connectivity index (χ0n) is 8.04. The summed E-state index contributed by atoms with van der Waals surface area (Å²) in [5.74, 6) is -1.77. The van der Waals surface area contributed by atoms with Gasteiger partial charge in [-0.15, -0.1) is 0 Å². The first-order valence-corrected chi connectivity index (χ1v) is 4.54. The van der Waals surface area contributed by atoms with Crippen LogP contribution < -0.4 is 0 Å². The van der Waals surface area contributed by atoms with E-state index in [1.165, 1.54) is 6.07 Å². The van der Waals surface area contributed by atoms with Gasteiger partial charge in [-0.25, -0.2) is 0 Å². The average molecular weight is 228 g/mol. The van der Waals surface area contributed by atoms with E-state index in [2.05, 4.69) is 0 Å². The Balaban J connectivity index is 2.25. The van der Waals surface area contributed by atoms with Crippen LogP contribution in [0.25, 0.3) is 11.0 Å². The number of para-hydroxylation sites is 1. The van der Waals surface area contributed by atoms with Gasteiger partial charge in [-0.3, -0.25) is 4.79 Å². The van der Waals surface area contributed by atoms with Crippen LogP contribution in [-0.4, -0.2) is 12.0 Å². The third-order valence-corrected chi connectivity index (χ3v) is 2.13. The molecule has 0 aliphatic carbocycles. The number of ketones is 1. The number of furan rings is 1. The molecule has 2 rings (SSSR count). The van der Waals surface area contributed by atoms with Crippen molar-refractivity contribution in [3.05, 3.63) is 36.1 Å². The second-order valence-electron chi connectivity index (χ2n) is 3.35. The van der Waals surface area contributed by atoms with Gasteiger partial charge in [0.2, 0.25) is 5.78 Å². The van der Waals surface area contributed by atoms with Crippen LogP contribution in [0.2, 0.25) is 0 Å². The molecular formula is C11H7F3O2. The Labute approximate surface area is 88.7 Å². The molecule has 0 fully saturated rings. The first kappa shape index (κ1) is 10.7. The Morgan fingerprint density at radius 1 is 1.25 bits per heavy atom. The Kier molecular flexibility index (Phi) is 2.46. The van der Waals surface area contributed by atoms with Gasteiger partial charge in [-0.05, 0) is 12.1 Å². The topological polar surface area (TPSA) is 30.2 Å². The van der Waals surface area contributed by atoms with Gasteiger partial charge in [0.05, 0.1) is 6.42 Å². The minimum atomic E-state index is -4.81. The minimum absolute atomic E-state index is 0.0310. The van der Waals surface area contributed by atoms with Crippen molar-refractivity contribution < 1.29 is 22.4 Å². The second kappa shape index (κ2) is 3.66. The summed E-state index contributed by atoms with van der Waals surface area (Å²) in [5, 5.41) is 0.687. The highest BCUT2D eigenvalue weighted by molar-refractivity contribution is 5.87. The highest BCUT2D eigenvalue weighted by Gasteiger charge is 2.38. The molecule has 2 nitrogen and oxygen atoms in total. The number of benzene rings is 1. The molecule has 0 amide bonds. The van der Waals surface area contributed by atoms with E-state index in [4.69, 9.17) is 4.42 Å². The fraction of sp³-hybridized carbons (Fsp3) is 0.182. The van der Waals surface area contributed by atoms with Gasteiger partial charge in [0.1, 0.15) is 11.3 Å². The number of rotatable bonds is 2. The Bertz CT molecular complexity index is 492. The van der Waals surface area contributed by atoms with Crippen molar-refractivity contribution in [2.45, 2.75) is 12.6 Å². The molecule has 1 aromatic heterocycles. The molecule has 0 saturated carbocycles. The Morgan fingerprint density at radius 2 is 1.94 bits per heavy atom. The van der Waals surface area contributed by atoms with E-state index in [0.717, 1.165) is 0 Å². The van der Waals surface area contributed by atoms with E-state index >= 15 is 0 Å². The van der Waals surface area contributed by atoms with Crippen LogP contribution in [0.4, 0.5) is 13.2 Å². The lowest BCUT2D eigenvalue weighted by Crippen LogP contribution is -2.24. The van der Waals surface area contributed by atoms with Gasteiger partial charge in [-0.1, -0.05) is 18.2 Å². The number of halogens is 3. The molecule has 16 heavy (non-hydrogen) atoms. The van der Waals surface area contributed by atoms with Gasteiger partial charge >= 0.3 is 6.18 Å². The first-order valence-electron chi connectivity index (χ1n) is 4.54. The fourth-order valence-electron chi connectivity index (χ4n) is 1.38. The van der Waals surface area contributed by atoms with Crippen LogP contribution in [0.3, 0.4) is 0 Å². The number of alkyl halides is 3. The molecule has 2 aromatic rings. The molecule has 1 heterocycles. The molecule has 1 aromatic carbocycles. The SMILES string of the molecule is O=C(Cc1cc2ccccc2o1)C(F)(F)F. The monoisotopic (exact) mass is 228 g/mol. The summed E-state index contributed by atoms with van der Waals surface area (Å²) in [5.41, 5.74) is 0.479. The van der Waals surface area contributed by atoms with Crippen molar-refractivity contribution >= 4 is 16.8 Å². The predicted octanol–water partition coefficient (Wildman–Crippen LogP) is 3.11. The zero-order valence-corrected chi connectivity index (χ0v) is 8.04. The van der Waals surface area contributed by atoms with Crippen molar-refractivity contribution in [2.75, 3.05) is 0 Å². The molecule has 0 saturated heterocycles. The fourth-order valence-corrected chi connectivity index (χ4v) is 1.38. The van der Waals surface area contributed by atoms with E-state index in [1.54, 1.807) is 24.3 Å². The number of hydrogen-bond donors (Lipinski definition) is 0. The molecule has 0 unspecified atom stereocenters. The minimum Gasteiger partial charge on any atom is -0.461 e. The van der Waals surface area contributed by atoms with Crippen LogP contribution in [0.5, 0.6) is 0 Å². The molecule has 0 spiro atoms. The zero-order chi connectivity index (χ0) is 11.8. The van der Waals surface area contributed by atoms with Crippen molar-refractivity contribution in [2.24, 2.45) is 0 Å². The summed E-state index contributed by atoms with van der Waals surface area (Å²) < 4.78 is 41.1. The van der Waals surface area contributed by atoms with Gasteiger partial charge in [-0.2, -0.15) is 13.2 Å². The summed E-state index contributed by atoms with van der Waals surface area (Å²) in [6.45, 7) is 0. The highest BCUT2D eigenvalue weighted by Crippen LogP contribution is 2.23. The van der Waals surface area contributed by atoms with E-state index < -0.39 is 18.4 Å². The summed E-state index contributed by atoms with van der Waals surface area (Å²) in [6.07, 6.45) is -5.56. The molecule has 0 radical (unpaired) electrons. The van der Waals surface area contributed by atoms with Crippen LogP contribution in [0.15, 0.2) is 34.7 Å². The van der Waals surface area contributed by atoms with Crippen LogP contribution in [0, 0.1) is 0 Å². The second-order valence-corrected chi connectivity index (χ2v) is 3.35. The Morgan fingerprint density at radius 3 is 2.56 bits per heavy atom. The van der Waals surface area contributed by atoms with Gasteiger partial charge in [0, 0.05) is 5.39 Å². The lowest BCUT2D eigenvalue weighted by Gasteiger charge is -2.01. The standard InChI is InChI=1S/C11H7F3O2/c12-11(13,14)10(15)6-8-5-7-3-1-2-4-9(7)16-8/h1-5H,6H2. The molecule has 0 bridgehead atoms. The lowest BCUT2D eigenvalue weighted by molar-refractivity contribution is -0.170. The smallest absolute Gasteiger partial charge is 0.450 e. The third-order valence-electron chi connectivity index (χ3n) is 2.13. The van der Waals surface area contributed by atoms with Crippen molar-refractivity contribution in [1.29, 1.82) is 0 Å². The highest BCUT2D eigenvalue weighted by atomic mass is 19.4. The molecule has 0 N–H and O–H groups in total. The van der Waals surface area contributed by atoms with Crippen molar-refractivity contribution in [1.82, 2.24) is 0 Å². The Hall–Kier alpha value is -1.78. The molecule has 0 aliphatic heterocycles. The molecule has 5 heteroatoms. The normalized spacial score (nSPS) is 11.9. The van der Waals surface area contributed by atoms with Crippen LogP contribution in [-0.2, 0) is 11.2 Å². The maximum Gasteiger partial charge on any atom is 0.450 e.